The van der Waals surface area contributed by atoms with E-state index in [4.69, 9.17) is 8.22 Å². The van der Waals surface area contributed by atoms with Gasteiger partial charge in [0.2, 0.25) is 28.5 Å². The van der Waals surface area contributed by atoms with Crippen LogP contribution in [0.5, 0.6) is 0 Å². The molecule has 0 radical (unpaired) electrons. The van der Waals surface area contributed by atoms with Crippen molar-refractivity contribution in [2.75, 3.05) is 0 Å². The first-order valence-electron chi connectivity index (χ1n) is 33.9. The number of nitrogens with zero attached hydrogens (tertiary/aromatic N) is 5. The minimum absolute atomic E-state index is 0.205. The number of rotatable bonds is 10. The van der Waals surface area contributed by atoms with Gasteiger partial charge in [-0.2, -0.15) is 0 Å². The quantitative estimate of drug-likeness (QED) is 0.122. The fourth-order valence-electron chi connectivity index (χ4n) is 11.4. The van der Waals surface area contributed by atoms with Crippen LogP contribution >= 0.6 is 0 Å². The molecule has 1 atom stereocenters. The van der Waals surface area contributed by atoms with Gasteiger partial charge < -0.3 is 0 Å². The summed E-state index contributed by atoms with van der Waals surface area (Å²) in [5.41, 5.74) is 28.4. The van der Waals surface area contributed by atoms with Crippen molar-refractivity contribution in [1.29, 1.82) is 0 Å². The van der Waals surface area contributed by atoms with E-state index in [0.717, 1.165) is 23.7 Å². The van der Waals surface area contributed by atoms with Crippen LogP contribution < -0.4 is 22.8 Å². The summed E-state index contributed by atoms with van der Waals surface area (Å²) < 4.78 is 57.9. The third kappa shape index (κ3) is 18.2. The third-order valence-corrected chi connectivity index (χ3v) is 16.3. The molecule has 0 aliphatic carbocycles. The largest absolute Gasteiger partial charge is 0.212 e. The molecule has 5 heterocycles. The average Bonchev–Trinajstić information content (AvgIpc) is 0.760. The summed E-state index contributed by atoms with van der Waals surface area (Å²) in [6, 6.07) is 56.3. The number of hydrogen-bond acceptors (Lipinski definition) is 0. The predicted molar refractivity (Wildman–Crippen MR) is 369 cm³/mol. The van der Waals surface area contributed by atoms with E-state index >= 15 is 0 Å². The molecule has 0 bridgehead atoms. The maximum atomic E-state index is 8.25. The van der Waals surface area contributed by atoms with Gasteiger partial charge in [-0.25, -0.2) is 22.8 Å². The van der Waals surface area contributed by atoms with E-state index in [0.29, 0.717) is 17.8 Å². The molecule has 452 valence electrons. The van der Waals surface area contributed by atoms with E-state index in [1.54, 1.807) is 18.2 Å². The molecule has 0 aliphatic rings. The van der Waals surface area contributed by atoms with Crippen molar-refractivity contribution >= 4 is 0 Å². The second-order valence-electron chi connectivity index (χ2n) is 24.6. The Morgan fingerprint density at radius 2 is 0.724 bits per heavy atom. The lowest BCUT2D eigenvalue weighted by molar-refractivity contribution is -0.661. The van der Waals surface area contributed by atoms with Crippen molar-refractivity contribution in [1.82, 2.24) is 0 Å². The Morgan fingerprint density at radius 3 is 1.14 bits per heavy atom. The van der Waals surface area contributed by atoms with Gasteiger partial charge >= 0.3 is 0 Å². The molecule has 5 nitrogen and oxygen atoms in total. The summed E-state index contributed by atoms with van der Waals surface area (Å²) in [7, 11) is 10.4. The van der Waals surface area contributed by atoms with Gasteiger partial charge in [-0.05, 0) is 185 Å². The van der Waals surface area contributed by atoms with Crippen LogP contribution in [0.3, 0.4) is 0 Å². The first-order chi connectivity index (χ1) is 43.6. The molecule has 0 fully saturated rings. The molecule has 5 aromatic heterocycles. The molecule has 10 rings (SSSR count). The Morgan fingerprint density at radius 1 is 0.333 bits per heavy atom. The summed E-state index contributed by atoms with van der Waals surface area (Å²) in [6.07, 6.45) is 8.47. The average molecular weight is 1170 g/mol. The van der Waals surface area contributed by atoms with Crippen LogP contribution in [0, 0.1) is 68.2 Å². The minimum atomic E-state index is -2.73. The summed E-state index contributed by atoms with van der Waals surface area (Å²) in [5, 5.41) is 0. The van der Waals surface area contributed by atoms with Gasteiger partial charge in [0, 0.05) is 95.2 Å². The zero-order chi connectivity index (χ0) is 69.0. The van der Waals surface area contributed by atoms with E-state index in [1.165, 1.54) is 106 Å². The Labute approximate surface area is 534 Å². The van der Waals surface area contributed by atoms with Gasteiger partial charge in [0.15, 0.2) is 31.0 Å². The van der Waals surface area contributed by atoms with Crippen LogP contribution in [0.1, 0.15) is 154 Å². The summed E-state index contributed by atoms with van der Waals surface area (Å²) >= 11 is 0. The first kappa shape index (κ1) is 59.2. The number of aromatic nitrogens is 5. The fourth-order valence-corrected chi connectivity index (χ4v) is 11.4. The number of benzene rings is 5. The van der Waals surface area contributed by atoms with Crippen molar-refractivity contribution in [3.8, 4) is 56.3 Å². The molecule has 0 aliphatic heterocycles. The van der Waals surface area contributed by atoms with Crippen LogP contribution in [0.2, 0.25) is 0 Å². The summed E-state index contributed by atoms with van der Waals surface area (Å²) in [6.45, 7) is 31.1. The molecule has 0 amide bonds. The predicted octanol–water partition coefficient (Wildman–Crippen LogP) is 18.2. The summed E-state index contributed by atoms with van der Waals surface area (Å²) in [4.78, 5) is 0. The zero-order valence-corrected chi connectivity index (χ0v) is 56.4. The molecule has 10 aromatic rings. The van der Waals surface area contributed by atoms with Crippen LogP contribution in [-0.4, -0.2) is 0 Å². The van der Waals surface area contributed by atoms with Crippen molar-refractivity contribution in [3.63, 3.8) is 0 Å². The number of pyridine rings is 5. The number of hydrogen-bond donors (Lipinski definition) is 0. The second-order valence-corrected chi connectivity index (χ2v) is 24.6. The third-order valence-electron chi connectivity index (χ3n) is 16.3. The summed E-state index contributed by atoms with van der Waals surface area (Å²) in [5.74, 6) is -0.538. The molecule has 5 aromatic carbocycles. The SMILES string of the molecule is Cc1ccc(C)c(-c2cccc[n+]2C)c1.Cc1ccccc1-c1cc(C(C)C)c(C)c[n+]1C.Cc1ccccc1-c1cc(C)c(C(C)C)c[n+]1C.Cc1ccccc1-c1cc(C)c(C(C)C)c[n+]1C.[2H]C([2H])([2H])C([2H])(C)C([2H])([2H])c1ccc(-c2cccc[n+]2C)c(C)c1. The maximum absolute atomic E-state index is 8.25. The zero-order valence-electron chi connectivity index (χ0n) is 62.4. The molecule has 87 heavy (non-hydrogen) atoms. The van der Waals surface area contributed by atoms with E-state index in [9.17, 15) is 0 Å². The first-order valence-corrected chi connectivity index (χ1v) is 30.9. The fraction of sp³-hybridized carbons (Fsp3) is 0.329. The highest BCUT2D eigenvalue weighted by Crippen LogP contribution is 2.29. The molecule has 0 saturated heterocycles. The van der Waals surface area contributed by atoms with Crippen LogP contribution in [0.15, 0.2) is 195 Å². The van der Waals surface area contributed by atoms with Gasteiger partial charge in [-0.15, -0.1) is 0 Å². The second kappa shape index (κ2) is 31.5. The van der Waals surface area contributed by atoms with Gasteiger partial charge in [0.05, 0.1) is 0 Å². The van der Waals surface area contributed by atoms with E-state index in [2.05, 4.69) is 296 Å². The highest BCUT2D eigenvalue weighted by molar-refractivity contribution is 5.65. The lowest BCUT2D eigenvalue weighted by Crippen LogP contribution is -2.32. The molecule has 0 N–H and O–H groups in total. The monoisotopic (exact) mass is 1160 g/mol. The molecule has 0 saturated carbocycles. The van der Waals surface area contributed by atoms with Gasteiger partial charge in [-0.1, -0.05) is 140 Å². The Balaban J connectivity index is 0.000000186. The molecular formula is C82H104N5+5. The Bertz CT molecular complexity index is 4090. The van der Waals surface area contributed by atoms with Crippen LogP contribution in [0.25, 0.3) is 56.3 Å². The Kier molecular flexibility index (Phi) is 21.4. The van der Waals surface area contributed by atoms with E-state index in [-0.39, 0.29) is 5.56 Å². The van der Waals surface area contributed by atoms with Crippen molar-refractivity contribution < 1.29 is 31.1 Å². The van der Waals surface area contributed by atoms with E-state index in [1.807, 2.05) is 42.9 Å². The van der Waals surface area contributed by atoms with Crippen molar-refractivity contribution in [2.24, 2.45) is 41.1 Å². The van der Waals surface area contributed by atoms with Gasteiger partial charge in [-0.3, -0.25) is 0 Å². The maximum Gasteiger partial charge on any atom is 0.212 e. The lowest BCUT2D eigenvalue weighted by Gasteiger charge is -2.11. The smallest absolute Gasteiger partial charge is 0.201 e. The molecular weight excluding hydrogens is 1050 g/mol. The standard InChI is InChI=1S/4C17H22N.C14H16N/c1-12(2)16-10-17(18(5)11-14(16)4)15-9-7-6-8-13(15)3;2*1-12(2)16-11-18(5)17(10-14(16)4)15-9-7-6-8-13(15)3;1-13(2)11-15-8-9-16(14(3)12-15)17-7-5-6-10-18(17)4;1-11-7-8-12(2)13(10-11)14-6-4-5-9-15(14)3/h3*6-12H,1-5H3;5-10,12-13H,11H2,1-4H3;4-10H,1-3H3/q5*+1/i;;;1D3,11D2,13D;. The number of aryl methyl sites for hydroxylation is 14. The minimum Gasteiger partial charge on any atom is -0.201 e. The van der Waals surface area contributed by atoms with Crippen molar-refractivity contribution in [3.05, 3.63) is 267 Å². The lowest BCUT2D eigenvalue weighted by atomic mass is 9.96. The van der Waals surface area contributed by atoms with E-state index < -0.39 is 19.1 Å². The van der Waals surface area contributed by atoms with Crippen molar-refractivity contribution in [2.45, 2.75) is 142 Å². The van der Waals surface area contributed by atoms with Gasteiger partial charge in [0.25, 0.3) is 0 Å². The highest BCUT2D eigenvalue weighted by Gasteiger charge is 2.20. The molecule has 5 heteroatoms. The van der Waals surface area contributed by atoms with Gasteiger partial charge in [0.1, 0.15) is 35.2 Å². The molecule has 1 unspecified atom stereocenters. The highest BCUT2D eigenvalue weighted by atomic mass is 14.9. The van der Waals surface area contributed by atoms with Crippen LogP contribution in [0.4, 0.5) is 0 Å². The van der Waals surface area contributed by atoms with Crippen LogP contribution in [-0.2, 0) is 41.6 Å². The topological polar surface area (TPSA) is 19.4 Å². The molecule has 0 spiro atoms. The Hall–Kier alpha value is -8.15. The normalized spacial score (nSPS) is 12.9.